The molecule has 1 N–H and O–H groups in total. The molecule has 0 radical (unpaired) electrons. The van der Waals surface area contributed by atoms with Crippen LogP contribution in [0.5, 0.6) is 11.5 Å². The average Bonchev–Trinajstić information content (AvgIpc) is 2.41. The molecule has 2 rings (SSSR count). The largest absolute Gasteiger partial charge is 0.450 e. The normalized spacial score (nSPS) is 10.3. The maximum atomic E-state index is 11.0. The minimum Gasteiger partial charge on any atom is -0.450 e. The third kappa shape index (κ3) is 3.07. The lowest BCUT2D eigenvalue weighted by Crippen LogP contribution is -1.96. The summed E-state index contributed by atoms with van der Waals surface area (Å²) in [5.41, 5.74) is 1.13. The van der Waals surface area contributed by atoms with Gasteiger partial charge in [0.25, 0.3) is 0 Å². The number of aryl methyl sites for hydroxylation is 1. The first-order valence-electron chi connectivity index (χ1n) is 5.83. The summed E-state index contributed by atoms with van der Waals surface area (Å²) in [4.78, 5) is 10.5. The van der Waals surface area contributed by atoms with E-state index in [1.165, 1.54) is 18.2 Å². The second-order valence-electron chi connectivity index (χ2n) is 4.24. The van der Waals surface area contributed by atoms with Gasteiger partial charge in [-0.2, -0.15) is 0 Å². The molecule has 0 fully saturated rings. The Kier molecular flexibility index (Phi) is 4.22. The van der Waals surface area contributed by atoms with Crippen molar-refractivity contribution < 1.29 is 14.8 Å². The lowest BCUT2D eigenvalue weighted by Gasteiger charge is -2.10. The summed E-state index contributed by atoms with van der Waals surface area (Å²) in [6, 6.07) is 9.40. The van der Waals surface area contributed by atoms with Crippen molar-refractivity contribution >= 4 is 17.3 Å². The van der Waals surface area contributed by atoms with Crippen LogP contribution in [0.3, 0.4) is 0 Å². The summed E-state index contributed by atoms with van der Waals surface area (Å²) in [5, 5.41) is 20.7. The Morgan fingerprint density at radius 1 is 1.25 bits per heavy atom. The van der Waals surface area contributed by atoms with Gasteiger partial charge < -0.3 is 9.84 Å². The van der Waals surface area contributed by atoms with Gasteiger partial charge in [0, 0.05) is 16.7 Å². The van der Waals surface area contributed by atoms with Crippen LogP contribution < -0.4 is 4.74 Å². The molecular formula is C14H12ClNO4. The van der Waals surface area contributed by atoms with Gasteiger partial charge in [-0.25, -0.2) is 0 Å². The Morgan fingerprint density at radius 3 is 2.65 bits per heavy atom. The third-order valence-corrected chi connectivity index (χ3v) is 2.97. The maximum Gasteiger partial charge on any atom is 0.311 e. The number of halogens is 1. The fourth-order valence-corrected chi connectivity index (χ4v) is 1.89. The Labute approximate surface area is 120 Å². The van der Waals surface area contributed by atoms with E-state index < -0.39 is 4.92 Å². The van der Waals surface area contributed by atoms with E-state index in [0.29, 0.717) is 16.3 Å². The molecule has 0 unspecified atom stereocenters. The van der Waals surface area contributed by atoms with Crippen LogP contribution in [0, 0.1) is 17.0 Å². The second-order valence-corrected chi connectivity index (χ2v) is 4.68. The third-order valence-electron chi connectivity index (χ3n) is 2.73. The molecule has 5 nitrogen and oxygen atoms in total. The van der Waals surface area contributed by atoms with Crippen LogP contribution in [0.4, 0.5) is 5.69 Å². The minimum atomic E-state index is -0.508. The zero-order valence-corrected chi connectivity index (χ0v) is 11.4. The van der Waals surface area contributed by atoms with E-state index in [1.54, 1.807) is 25.1 Å². The molecule has 0 aliphatic carbocycles. The molecular weight excluding hydrogens is 282 g/mol. The highest BCUT2D eigenvalue weighted by molar-refractivity contribution is 6.30. The lowest BCUT2D eigenvalue weighted by atomic mass is 10.2. The smallest absolute Gasteiger partial charge is 0.311 e. The summed E-state index contributed by atoms with van der Waals surface area (Å²) in [7, 11) is 0. The summed E-state index contributed by atoms with van der Waals surface area (Å²) >= 11 is 5.87. The number of nitro benzene ring substituents is 1. The summed E-state index contributed by atoms with van der Waals surface area (Å²) in [6.45, 7) is 1.52. The van der Waals surface area contributed by atoms with Crippen molar-refractivity contribution in [3.8, 4) is 11.5 Å². The van der Waals surface area contributed by atoms with Crippen LogP contribution in [0.2, 0.25) is 5.02 Å². The standard InChI is InChI=1S/C14H12ClNO4/c1-9-2-5-13(12(6-9)16(18)19)20-14-7-11(15)4-3-10(14)8-17/h2-7,17H,8H2,1H3. The van der Waals surface area contributed by atoms with E-state index in [1.807, 2.05) is 0 Å². The van der Waals surface area contributed by atoms with Crippen molar-refractivity contribution in [2.75, 3.05) is 0 Å². The fraction of sp³-hybridized carbons (Fsp3) is 0.143. The van der Waals surface area contributed by atoms with Crippen molar-refractivity contribution in [2.24, 2.45) is 0 Å². The molecule has 20 heavy (non-hydrogen) atoms. The first kappa shape index (κ1) is 14.3. The van der Waals surface area contributed by atoms with Crippen LogP contribution in [-0.4, -0.2) is 10.0 Å². The lowest BCUT2D eigenvalue weighted by molar-refractivity contribution is -0.385. The number of hydrogen-bond acceptors (Lipinski definition) is 4. The summed E-state index contributed by atoms with van der Waals surface area (Å²) in [6.07, 6.45) is 0. The molecule has 0 bridgehead atoms. The number of nitro groups is 1. The molecule has 2 aromatic rings. The zero-order chi connectivity index (χ0) is 14.7. The molecule has 0 heterocycles. The van der Waals surface area contributed by atoms with E-state index in [2.05, 4.69) is 0 Å². The summed E-state index contributed by atoms with van der Waals surface area (Å²) in [5.74, 6) is 0.407. The second kappa shape index (κ2) is 5.90. The highest BCUT2D eigenvalue weighted by Gasteiger charge is 2.17. The van der Waals surface area contributed by atoms with Crippen molar-refractivity contribution in [2.45, 2.75) is 13.5 Å². The molecule has 104 valence electrons. The molecule has 0 aliphatic rings. The first-order valence-corrected chi connectivity index (χ1v) is 6.21. The van der Waals surface area contributed by atoms with Crippen LogP contribution in [0.1, 0.15) is 11.1 Å². The molecule has 0 saturated heterocycles. The fourth-order valence-electron chi connectivity index (χ4n) is 1.73. The van der Waals surface area contributed by atoms with Gasteiger partial charge in [-0.05, 0) is 30.7 Å². The summed E-state index contributed by atoms with van der Waals surface area (Å²) < 4.78 is 5.54. The molecule has 2 aromatic carbocycles. The number of hydrogen-bond donors (Lipinski definition) is 1. The van der Waals surface area contributed by atoms with Crippen LogP contribution in [0.25, 0.3) is 0 Å². The van der Waals surface area contributed by atoms with Crippen molar-refractivity contribution in [1.29, 1.82) is 0 Å². The molecule has 0 aromatic heterocycles. The Morgan fingerprint density at radius 2 is 2.00 bits per heavy atom. The Balaban J connectivity index is 2.44. The van der Waals surface area contributed by atoms with Gasteiger partial charge in [0.05, 0.1) is 11.5 Å². The minimum absolute atomic E-state index is 0.109. The number of rotatable bonds is 4. The quantitative estimate of drug-likeness (QED) is 0.686. The van der Waals surface area contributed by atoms with E-state index >= 15 is 0 Å². The van der Waals surface area contributed by atoms with E-state index in [0.717, 1.165) is 5.56 Å². The van der Waals surface area contributed by atoms with Gasteiger partial charge in [0.15, 0.2) is 0 Å². The van der Waals surface area contributed by atoms with E-state index in [9.17, 15) is 15.2 Å². The monoisotopic (exact) mass is 293 g/mol. The van der Waals surface area contributed by atoms with Gasteiger partial charge in [0.1, 0.15) is 5.75 Å². The SMILES string of the molecule is Cc1ccc(Oc2cc(Cl)ccc2CO)c([N+](=O)[O-])c1. The van der Waals surface area contributed by atoms with E-state index in [4.69, 9.17) is 16.3 Å². The van der Waals surface area contributed by atoms with Crippen molar-refractivity contribution in [3.63, 3.8) is 0 Å². The van der Waals surface area contributed by atoms with Crippen LogP contribution in [0.15, 0.2) is 36.4 Å². The topological polar surface area (TPSA) is 72.6 Å². The predicted molar refractivity (Wildman–Crippen MR) is 75.3 cm³/mol. The van der Waals surface area contributed by atoms with Gasteiger partial charge in [-0.3, -0.25) is 10.1 Å². The Hall–Kier alpha value is -2.11. The Bertz CT molecular complexity index is 658. The number of nitrogens with zero attached hydrogens (tertiary/aromatic N) is 1. The predicted octanol–water partition coefficient (Wildman–Crippen LogP) is 3.84. The molecule has 0 spiro atoms. The van der Waals surface area contributed by atoms with Crippen LogP contribution in [-0.2, 0) is 6.61 Å². The van der Waals surface area contributed by atoms with Gasteiger partial charge in [0.2, 0.25) is 5.75 Å². The number of ether oxygens (including phenoxy) is 1. The zero-order valence-electron chi connectivity index (χ0n) is 10.7. The number of aliphatic hydroxyl groups excluding tert-OH is 1. The molecule has 0 saturated carbocycles. The average molecular weight is 294 g/mol. The molecule has 6 heteroatoms. The van der Waals surface area contributed by atoms with Gasteiger partial charge >= 0.3 is 5.69 Å². The highest BCUT2D eigenvalue weighted by atomic mass is 35.5. The van der Waals surface area contributed by atoms with Gasteiger partial charge in [-0.1, -0.05) is 23.7 Å². The number of benzene rings is 2. The molecule has 0 atom stereocenters. The first-order chi connectivity index (χ1) is 9.51. The van der Waals surface area contributed by atoms with Crippen LogP contribution >= 0.6 is 11.6 Å². The number of aliphatic hydroxyl groups is 1. The maximum absolute atomic E-state index is 11.0. The van der Waals surface area contributed by atoms with E-state index in [-0.39, 0.29) is 18.0 Å². The highest BCUT2D eigenvalue weighted by Crippen LogP contribution is 2.34. The van der Waals surface area contributed by atoms with Gasteiger partial charge in [-0.15, -0.1) is 0 Å². The molecule has 0 aliphatic heterocycles. The van der Waals surface area contributed by atoms with Crippen molar-refractivity contribution in [1.82, 2.24) is 0 Å². The molecule has 0 amide bonds. The van der Waals surface area contributed by atoms with Crippen molar-refractivity contribution in [3.05, 3.63) is 62.7 Å².